The van der Waals surface area contributed by atoms with E-state index in [0.29, 0.717) is 4.90 Å². The van der Waals surface area contributed by atoms with Crippen LogP contribution >= 0.6 is 23.2 Å². The second-order valence-electron chi connectivity index (χ2n) is 11.5. The van der Waals surface area contributed by atoms with Crippen LogP contribution in [0.5, 0.6) is 5.75 Å². The molecule has 238 valence electrons. The highest BCUT2D eigenvalue weighted by atomic mass is 35.5. The molecule has 6 atom stereocenters. The number of carbonyl (C=O) groups is 4. The van der Waals surface area contributed by atoms with Gasteiger partial charge in [-0.25, -0.2) is 9.29 Å². The van der Waals surface area contributed by atoms with E-state index >= 15 is 0 Å². The molecule has 2 aromatic rings. The number of allylic oxidation sites excluding steroid dienone is 2. The molecule has 2 heterocycles. The van der Waals surface area contributed by atoms with Crippen LogP contribution in [0.1, 0.15) is 35.4 Å². The number of carbonyl (C=O) groups excluding carboxylic acids is 4. The summed E-state index contributed by atoms with van der Waals surface area (Å²) >= 11 is 13.9. The van der Waals surface area contributed by atoms with Crippen LogP contribution in [0.2, 0.25) is 0 Å². The van der Waals surface area contributed by atoms with Crippen molar-refractivity contribution in [3.8, 4) is 5.75 Å². The average molecular weight is 679 g/mol. The van der Waals surface area contributed by atoms with Crippen LogP contribution in [0, 0.1) is 23.6 Å². The second kappa shape index (κ2) is 9.68. The van der Waals surface area contributed by atoms with Crippen LogP contribution in [0.15, 0.2) is 48.0 Å². The van der Waals surface area contributed by atoms with Gasteiger partial charge in [0.2, 0.25) is 11.8 Å². The quantitative estimate of drug-likeness (QED) is 0.189. The number of rotatable bonds is 2. The van der Waals surface area contributed by atoms with E-state index in [-0.39, 0.29) is 40.7 Å². The fourth-order valence-corrected chi connectivity index (χ4v) is 8.16. The van der Waals surface area contributed by atoms with Crippen molar-refractivity contribution in [2.75, 3.05) is 11.9 Å². The fourth-order valence-electron chi connectivity index (χ4n) is 7.14. The Kier molecular flexibility index (Phi) is 6.74. The third-order valence-corrected chi connectivity index (χ3v) is 10.6. The zero-order valence-corrected chi connectivity index (χ0v) is 24.2. The van der Waals surface area contributed by atoms with Gasteiger partial charge in [0.25, 0.3) is 11.8 Å². The predicted molar refractivity (Wildman–Crippen MR) is 142 cm³/mol. The van der Waals surface area contributed by atoms with E-state index < -0.39 is 104 Å². The minimum atomic E-state index is -5.25. The fraction of sp³-hybridized carbons (Fsp3) is 0.379. The molecule has 6 rings (SSSR count). The monoisotopic (exact) mass is 678 g/mol. The molecule has 6 unspecified atom stereocenters. The Bertz CT molecular complexity index is 1710. The molecule has 2 aliphatic heterocycles. The summed E-state index contributed by atoms with van der Waals surface area (Å²) in [5.41, 5.74) is -4.24. The maximum absolute atomic E-state index is 14.6. The maximum atomic E-state index is 14.6. The lowest BCUT2D eigenvalue weighted by Crippen LogP contribution is -2.60. The van der Waals surface area contributed by atoms with Crippen LogP contribution in [0.3, 0.4) is 0 Å². The van der Waals surface area contributed by atoms with E-state index in [4.69, 9.17) is 23.2 Å². The summed E-state index contributed by atoms with van der Waals surface area (Å²) in [7, 11) is 1.12. The van der Waals surface area contributed by atoms with Crippen molar-refractivity contribution in [2.45, 2.75) is 40.9 Å². The number of halogens is 9. The summed E-state index contributed by atoms with van der Waals surface area (Å²) in [6.45, 7) is 0. The molecule has 0 bridgehead atoms. The summed E-state index contributed by atoms with van der Waals surface area (Å²) < 4.78 is 96.2. The Morgan fingerprint density at radius 1 is 0.867 bits per heavy atom. The number of hydrogen-bond donors (Lipinski definition) is 1. The number of hydrogen-bond acceptors (Lipinski definition) is 5. The Morgan fingerprint density at radius 2 is 1.47 bits per heavy atom. The van der Waals surface area contributed by atoms with Crippen molar-refractivity contribution in [1.29, 1.82) is 0 Å². The summed E-state index contributed by atoms with van der Waals surface area (Å²) in [4.78, 5) is 50.8. The van der Waals surface area contributed by atoms with Crippen molar-refractivity contribution < 1.29 is 55.0 Å². The van der Waals surface area contributed by atoms with Gasteiger partial charge in [-0.3, -0.25) is 24.1 Å². The second-order valence-corrected chi connectivity index (χ2v) is 12.7. The zero-order chi connectivity index (χ0) is 33.2. The number of fused-ring (bicyclic) bond motifs is 4. The van der Waals surface area contributed by atoms with Gasteiger partial charge in [0.1, 0.15) is 0 Å². The molecule has 3 fully saturated rings. The van der Waals surface area contributed by atoms with Crippen molar-refractivity contribution in [1.82, 2.24) is 4.90 Å². The van der Waals surface area contributed by atoms with Gasteiger partial charge in [0.15, 0.2) is 21.3 Å². The van der Waals surface area contributed by atoms with E-state index in [0.717, 1.165) is 19.2 Å². The Hall–Kier alpha value is -3.65. The first-order valence-electron chi connectivity index (χ1n) is 13.3. The number of phenolic OH excluding ortho intramolecular Hbond substituents is 1. The van der Waals surface area contributed by atoms with Crippen LogP contribution in [0.25, 0.3) is 0 Å². The molecule has 2 aliphatic carbocycles. The van der Waals surface area contributed by atoms with Gasteiger partial charge in [-0.15, -0.1) is 23.2 Å². The molecule has 1 saturated carbocycles. The van der Waals surface area contributed by atoms with Gasteiger partial charge in [-0.05, 0) is 54.7 Å². The highest BCUT2D eigenvalue weighted by Crippen LogP contribution is 2.65. The van der Waals surface area contributed by atoms with Crippen LogP contribution in [0.4, 0.5) is 36.4 Å². The van der Waals surface area contributed by atoms with E-state index in [1.807, 2.05) is 0 Å². The number of nitrogens with zero attached hydrogens (tertiary/aromatic N) is 2. The van der Waals surface area contributed by atoms with Crippen molar-refractivity contribution in [3.05, 3.63) is 70.6 Å². The molecule has 0 radical (unpaired) electrons. The molecule has 2 saturated heterocycles. The summed E-state index contributed by atoms with van der Waals surface area (Å²) in [5, 5.41) is 9.77. The van der Waals surface area contributed by atoms with Crippen molar-refractivity contribution >= 4 is 52.5 Å². The molecule has 4 amide bonds. The highest BCUT2D eigenvalue weighted by Gasteiger charge is 2.76. The first kappa shape index (κ1) is 31.3. The molecular weight excluding hydrogens is 660 g/mol. The minimum Gasteiger partial charge on any atom is -0.505 e. The number of anilines is 1. The minimum absolute atomic E-state index is 0.0162. The smallest absolute Gasteiger partial charge is 0.416 e. The van der Waals surface area contributed by atoms with Gasteiger partial charge in [-0.1, -0.05) is 17.7 Å². The molecule has 45 heavy (non-hydrogen) atoms. The number of aromatic hydroxyl groups is 1. The highest BCUT2D eigenvalue weighted by molar-refractivity contribution is 6.53. The van der Waals surface area contributed by atoms with Crippen LogP contribution in [-0.4, -0.2) is 50.4 Å². The Morgan fingerprint density at radius 3 is 2.02 bits per heavy atom. The topological polar surface area (TPSA) is 95.0 Å². The first-order chi connectivity index (χ1) is 20.7. The summed E-state index contributed by atoms with van der Waals surface area (Å²) in [6, 6.07) is 3.45. The lowest BCUT2D eigenvalue weighted by molar-refractivity contribution is -0.143. The van der Waals surface area contributed by atoms with E-state index in [1.54, 1.807) is 0 Å². The lowest BCUT2D eigenvalue weighted by Gasteiger charge is -2.50. The van der Waals surface area contributed by atoms with Gasteiger partial charge in [-0.2, -0.15) is 26.3 Å². The molecule has 1 N–H and O–H groups in total. The third kappa shape index (κ3) is 4.24. The van der Waals surface area contributed by atoms with E-state index in [2.05, 4.69) is 0 Å². The maximum Gasteiger partial charge on any atom is 0.416 e. The summed E-state index contributed by atoms with van der Waals surface area (Å²) in [6.07, 6.45) is -9.83. The van der Waals surface area contributed by atoms with Gasteiger partial charge in [0, 0.05) is 13.0 Å². The number of phenols is 1. The van der Waals surface area contributed by atoms with Gasteiger partial charge < -0.3 is 5.11 Å². The normalized spacial score (nSPS) is 31.6. The molecule has 4 aliphatic rings. The molecule has 2 aromatic carbocycles. The Balaban J connectivity index is 1.50. The molecule has 16 heteroatoms. The number of alkyl halides is 8. The number of amides is 4. The van der Waals surface area contributed by atoms with Crippen molar-refractivity contribution in [2.24, 2.45) is 17.8 Å². The largest absolute Gasteiger partial charge is 0.505 e. The number of benzene rings is 2. The summed E-state index contributed by atoms with van der Waals surface area (Å²) in [5.74, 6) is -11.3. The van der Waals surface area contributed by atoms with Gasteiger partial charge >= 0.3 is 12.4 Å². The average Bonchev–Trinajstić information content (AvgIpc) is 3.28. The predicted octanol–water partition coefficient (Wildman–Crippen LogP) is 5.76. The Labute approximate surface area is 259 Å². The number of likely N-dealkylation sites (tertiary alicyclic amines) is 1. The standard InChI is InChI=1S/C29H19Cl2F7N2O5/c1-39-24(44)26(30)10-17-15(21(27(26,31)25(39)45)11-2-5-19(41)18(32)6-11)3-4-16-20(17)23(43)40(22(16)42)14-8-12(28(33,34)35)7-13(9-14)29(36,37)38/h2-3,5-9,16-17,20-21,41H,4,10H2,1H3. The molecule has 7 nitrogen and oxygen atoms in total. The van der Waals surface area contributed by atoms with Crippen LogP contribution < -0.4 is 4.90 Å². The van der Waals surface area contributed by atoms with Gasteiger partial charge in [0.05, 0.1) is 28.7 Å². The molecule has 0 spiro atoms. The third-order valence-electron chi connectivity index (χ3n) is 9.15. The molecular formula is C29H19Cl2F7N2O5. The lowest BCUT2D eigenvalue weighted by atomic mass is 9.56. The first-order valence-corrected chi connectivity index (χ1v) is 14.0. The van der Waals surface area contributed by atoms with Crippen molar-refractivity contribution in [3.63, 3.8) is 0 Å². The molecule has 0 aromatic heterocycles. The van der Waals surface area contributed by atoms with E-state index in [9.17, 15) is 55.0 Å². The number of imide groups is 2. The SMILES string of the molecule is CN1C(=O)C2(Cl)CC3C(=CCC4C(=O)N(c5cc(C(F)(F)F)cc(C(F)(F)F)c5)C(=O)C43)C(c3ccc(O)c(F)c3)C2(Cl)C1=O. The van der Waals surface area contributed by atoms with E-state index in [1.165, 1.54) is 12.1 Å². The zero-order valence-electron chi connectivity index (χ0n) is 22.6. The van der Waals surface area contributed by atoms with Crippen LogP contribution in [-0.2, 0) is 31.5 Å².